The summed E-state index contributed by atoms with van der Waals surface area (Å²) in [5.74, 6) is 0.729. The normalized spacial score (nSPS) is 9.95. The first kappa shape index (κ1) is 13.6. The summed E-state index contributed by atoms with van der Waals surface area (Å²) in [5, 5.41) is 8.31. The molecule has 0 aliphatic heterocycles. The number of pyridine rings is 1. The highest BCUT2D eigenvalue weighted by Gasteiger charge is 2.07. The third-order valence-corrected chi connectivity index (χ3v) is 3.65. The molecule has 0 spiro atoms. The molecule has 0 aromatic carbocycles. The van der Waals surface area contributed by atoms with Crippen molar-refractivity contribution in [3.8, 4) is 0 Å². The standard InChI is InChI=1S/C13H12ClN3OS/c1-9(13-11(17-8-18)4-5-19-13)6-15-12-3-2-10(14)7-16-12/h2-5,7-8H,1,6H2,(H,15,16)(H,17,18). The van der Waals surface area contributed by atoms with Crippen LogP contribution >= 0.6 is 22.9 Å². The van der Waals surface area contributed by atoms with Crippen molar-refractivity contribution in [3.63, 3.8) is 0 Å². The smallest absolute Gasteiger partial charge is 0.211 e. The number of nitrogens with one attached hydrogen (secondary N) is 2. The summed E-state index contributed by atoms with van der Waals surface area (Å²) in [5.41, 5.74) is 1.66. The lowest BCUT2D eigenvalue weighted by molar-refractivity contribution is -0.105. The maximum Gasteiger partial charge on any atom is 0.211 e. The van der Waals surface area contributed by atoms with E-state index in [1.54, 1.807) is 18.3 Å². The van der Waals surface area contributed by atoms with E-state index in [4.69, 9.17) is 11.6 Å². The molecule has 4 nitrogen and oxygen atoms in total. The molecule has 19 heavy (non-hydrogen) atoms. The van der Waals surface area contributed by atoms with Crippen LogP contribution in [0.1, 0.15) is 4.88 Å². The Kier molecular flexibility index (Phi) is 4.54. The summed E-state index contributed by atoms with van der Waals surface area (Å²) >= 11 is 7.30. The van der Waals surface area contributed by atoms with Gasteiger partial charge in [-0.15, -0.1) is 11.3 Å². The second-order valence-electron chi connectivity index (χ2n) is 3.74. The number of halogens is 1. The molecule has 0 atom stereocenters. The van der Waals surface area contributed by atoms with Crippen molar-refractivity contribution in [3.05, 3.63) is 46.3 Å². The SMILES string of the molecule is C=C(CNc1ccc(Cl)cn1)c1sccc1NC=O. The van der Waals surface area contributed by atoms with Crippen molar-refractivity contribution in [1.82, 2.24) is 4.98 Å². The van der Waals surface area contributed by atoms with E-state index in [0.29, 0.717) is 18.0 Å². The van der Waals surface area contributed by atoms with Crippen molar-refractivity contribution in [2.45, 2.75) is 0 Å². The van der Waals surface area contributed by atoms with E-state index in [1.165, 1.54) is 11.3 Å². The Balaban J connectivity index is 1.99. The fraction of sp³-hybridized carbons (Fsp3) is 0.0769. The monoisotopic (exact) mass is 293 g/mol. The zero-order chi connectivity index (χ0) is 13.7. The summed E-state index contributed by atoms with van der Waals surface area (Å²) in [6.45, 7) is 4.56. The predicted octanol–water partition coefficient (Wildman–Crippen LogP) is 3.49. The Labute approximate surface area is 120 Å². The summed E-state index contributed by atoms with van der Waals surface area (Å²) < 4.78 is 0. The molecule has 2 heterocycles. The van der Waals surface area contributed by atoms with Gasteiger partial charge in [0.25, 0.3) is 0 Å². The Morgan fingerprint density at radius 1 is 1.47 bits per heavy atom. The van der Waals surface area contributed by atoms with Crippen LogP contribution in [0.5, 0.6) is 0 Å². The van der Waals surface area contributed by atoms with Gasteiger partial charge in [0.05, 0.1) is 15.6 Å². The lowest BCUT2D eigenvalue weighted by Crippen LogP contribution is -2.05. The summed E-state index contributed by atoms with van der Waals surface area (Å²) in [6, 6.07) is 5.42. The number of carbonyl (C=O) groups excluding carboxylic acids is 1. The number of amides is 1. The van der Waals surface area contributed by atoms with E-state index < -0.39 is 0 Å². The van der Waals surface area contributed by atoms with E-state index in [1.807, 2.05) is 11.4 Å². The van der Waals surface area contributed by atoms with Gasteiger partial charge in [0.1, 0.15) is 5.82 Å². The molecule has 2 aromatic heterocycles. The Morgan fingerprint density at radius 3 is 3.00 bits per heavy atom. The number of aromatic nitrogens is 1. The number of hydrogen-bond acceptors (Lipinski definition) is 4. The number of thiophene rings is 1. The third kappa shape index (κ3) is 3.56. The molecule has 0 bridgehead atoms. The van der Waals surface area contributed by atoms with Crippen LogP contribution in [0.15, 0.2) is 36.4 Å². The Morgan fingerprint density at radius 2 is 2.32 bits per heavy atom. The van der Waals surface area contributed by atoms with Gasteiger partial charge in [-0.2, -0.15) is 0 Å². The lowest BCUT2D eigenvalue weighted by Gasteiger charge is -2.08. The number of anilines is 2. The molecular weight excluding hydrogens is 282 g/mol. The first-order valence-electron chi connectivity index (χ1n) is 5.52. The third-order valence-electron chi connectivity index (χ3n) is 2.41. The van der Waals surface area contributed by atoms with Crippen molar-refractivity contribution >= 4 is 46.4 Å². The van der Waals surface area contributed by atoms with Crippen LogP contribution in [0.4, 0.5) is 11.5 Å². The Bertz CT molecular complexity index is 580. The van der Waals surface area contributed by atoms with Gasteiger partial charge >= 0.3 is 0 Å². The molecule has 2 rings (SSSR count). The average Bonchev–Trinajstić information content (AvgIpc) is 2.86. The van der Waals surface area contributed by atoms with E-state index in [0.717, 1.165) is 22.0 Å². The highest BCUT2D eigenvalue weighted by atomic mass is 35.5. The topological polar surface area (TPSA) is 54.0 Å². The van der Waals surface area contributed by atoms with Crippen molar-refractivity contribution in [2.24, 2.45) is 0 Å². The first-order chi connectivity index (χ1) is 9.20. The largest absolute Gasteiger partial charge is 0.366 e. The minimum atomic E-state index is 0.544. The molecule has 0 unspecified atom stereocenters. The van der Waals surface area contributed by atoms with E-state index in [-0.39, 0.29) is 0 Å². The van der Waals surface area contributed by atoms with Gasteiger partial charge in [-0.1, -0.05) is 18.2 Å². The minimum Gasteiger partial charge on any atom is -0.366 e. The highest BCUT2D eigenvalue weighted by molar-refractivity contribution is 7.11. The number of rotatable bonds is 6. The predicted molar refractivity (Wildman–Crippen MR) is 80.8 cm³/mol. The molecular formula is C13H12ClN3OS. The van der Waals surface area contributed by atoms with Crippen LogP contribution in [-0.2, 0) is 4.79 Å². The Hall–Kier alpha value is -1.85. The van der Waals surface area contributed by atoms with Gasteiger partial charge in [-0.05, 0) is 29.2 Å². The second-order valence-corrected chi connectivity index (χ2v) is 5.10. The van der Waals surface area contributed by atoms with Gasteiger partial charge in [-0.25, -0.2) is 4.98 Å². The van der Waals surface area contributed by atoms with Crippen molar-refractivity contribution in [2.75, 3.05) is 17.2 Å². The molecule has 0 saturated heterocycles. The molecule has 6 heteroatoms. The van der Waals surface area contributed by atoms with Gasteiger partial charge in [0.2, 0.25) is 6.41 Å². The molecule has 0 aliphatic rings. The lowest BCUT2D eigenvalue weighted by atomic mass is 10.2. The van der Waals surface area contributed by atoms with Crippen LogP contribution in [0, 0.1) is 0 Å². The van der Waals surface area contributed by atoms with Crippen LogP contribution in [0.2, 0.25) is 5.02 Å². The molecule has 0 aliphatic carbocycles. The van der Waals surface area contributed by atoms with Gasteiger partial charge in [0, 0.05) is 12.7 Å². The first-order valence-corrected chi connectivity index (χ1v) is 6.77. The van der Waals surface area contributed by atoms with Crippen LogP contribution in [0.25, 0.3) is 5.57 Å². The summed E-state index contributed by atoms with van der Waals surface area (Å²) in [6.07, 6.45) is 2.24. The zero-order valence-corrected chi connectivity index (χ0v) is 11.6. The van der Waals surface area contributed by atoms with Gasteiger partial charge < -0.3 is 10.6 Å². The minimum absolute atomic E-state index is 0.544. The molecule has 2 aromatic rings. The van der Waals surface area contributed by atoms with Crippen LogP contribution in [0.3, 0.4) is 0 Å². The summed E-state index contributed by atoms with van der Waals surface area (Å²) in [7, 11) is 0. The number of carbonyl (C=O) groups is 1. The van der Waals surface area contributed by atoms with Gasteiger partial charge in [0.15, 0.2) is 0 Å². The van der Waals surface area contributed by atoms with E-state index in [9.17, 15) is 4.79 Å². The van der Waals surface area contributed by atoms with E-state index in [2.05, 4.69) is 22.2 Å². The fourth-order valence-electron chi connectivity index (χ4n) is 1.52. The number of nitrogens with zero attached hydrogens (tertiary/aromatic N) is 1. The molecule has 1 amide bonds. The van der Waals surface area contributed by atoms with Crippen LogP contribution in [-0.4, -0.2) is 17.9 Å². The molecule has 0 radical (unpaired) electrons. The highest BCUT2D eigenvalue weighted by Crippen LogP contribution is 2.28. The van der Waals surface area contributed by atoms with E-state index >= 15 is 0 Å². The van der Waals surface area contributed by atoms with Crippen LogP contribution < -0.4 is 10.6 Å². The molecule has 0 fully saturated rings. The average molecular weight is 294 g/mol. The zero-order valence-electron chi connectivity index (χ0n) is 10.0. The maximum absolute atomic E-state index is 10.5. The number of hydrogen-bond donors (Lipinski definition) is 2. The van der Waals surface area contributed by atoms with Crippen molar-refractivity contribution < 1.29 is 4.79 Å². The summed E-state index contributed by atoms with van der Waals surface area (Å²) in [4.78, 5) is 15.6. The molecule has 2 N–H and O–H groups in total. The van der Waals surface area contributed by atoms with Gasteiger partial charge in [-0.3, -0.25) is 4.79 Å². The molecule has 98 valence electrons. The fourth-order valence-corrected chi connectivity index (χ4v) is 2.46. The second kappa shape index (κ2) is 6.36. The maximum atomic E-state index is 10.5. The van der Waals surface area contributed by atoms with Crippen molar-refractivity contribution in [1.29, 1.82) is 0 Å². The quantitative estimate of drug-likeness (QED) is 0.802. The molecule has 0 saturated carbocycles.